The zero-order chi connectivity index (χ0) is 20.8. The molecule has 5 nitrogen and oxygen atoms in total. The second-order valence-electron chi connectivity index (χ2n) is 7.56. The summed E-state index contributed by atoms with van der Waals surface area (Å²) in [4.78, 5) is 8.25. The van der Waals surface area contributed by atoms with Gasteiger partial charge in [-0.25, -0.2) is 4.39 Å². The molecule has 0 bridgehead atoms. The van der Waals surface area contributed by atoms with Gasteiger partial charge in [-0.2, -0.15) is 0 Å². The molecule has 2 N–H and O–H groups in total. The molecule has 0 saturated carbocycles. The van der Waals surface area contributed by atoms with Crippen molar-refractivity contribution in [3.8, 4) is 5.75 Å². The largest absolute Gasteiger partial charge is 0.494 e. The van der Waals surface area contributed by atoms with Gasteiger partial charge in [0, 0.05) is 24.5 Å². The molecule has 0 spiro atoms. The molecule has 2 aromatic rings. The van der Waals surface area contributed by atoms with Crippen LogP contribution < -0.4 is 15.4 Å². The van der Waals surface area contributed by atoms with Gasteiger partial charge >= 0.3 is 0 Å². The molecule has 0 radical (unpaired) electrons. The third kappa shape index (κ3) is 6.07. The number of rotatable bonds is 6. The lowest BCUT2D eigenvalue weighted by atomic mass is 9.88. The molecule has 1 fully saturated rings. The quantitative estimate of drug-likeness (QED) is 0.310. The number of benzene rings is 1. The first-order chi connectivity index (χ1) is 14.0. The monoisotopic (exact) mass is 546 g/mol. The first-order valence-electron chi connectivity index (χ1n) is 10.1. The summed E-state index contributed by atoms with van der Waals surface area (Å²) in [5.41, 5.74) is 0.847. The Morgan fingerprint density at radius 2 is 2.20 bits per heavy atom. The second kappa shape index (κ2) is 11.9. The first kappa shape index (κ1) is 24.9. The van der Waals surface area contributed by atoms with E-state index in [0.717, 1.165) is 24.6 Å². The molecular formula is C22H32FIN4OS. The molecule has 0 amide bonds. The number of methoxy groups -OCH3 is 1. The Labute approximate surface area is 200 Å². The fourth-order valence-corrected chi connectivity index (χ4v) is 5.03. The zero-order valence-corrected chi connectivity index (χ0v) is 21.2. The summed E-state index contributed by atoms with van der Waals surface area (Å²) < 4.78 is 19.0. The van der Waals surface area contributed by atoms with Crippen LogP contribution in [0.25, 0.3) is 0 Å². The fourth-order valence-electron chi connectivity index (χ4n) is 4.05. The standard InChI is InChI=1S/C22H31FN4OS.HI/c1-15(16-9-10-19(28-4)18(23)13-16)26-22(24-2)25-14-17-7-5-11-27(3)21(17)20-8-6-12-29-20;/h6,8-10,12-13,15,17,21H,5,7,11,14H2,1-4H3,(H2,24,25,26);1H. The highest BCUT2D eigenvalue weighted by molar-refractivity contribution is 14.0. The molecule has 8 heteroatoms. The number of aliphatic imine (C=N–C) groups is 1. The SMILES string of the molecule is CN=C(NCC1CCCN(C)C1c1cccs1)NC(C)c1ccc(OC)c(F)c1.I. The van der Waals surface area contributed by atoms with Crippen LogP contribution in [-0.4, -0.2) is 45.2 Å². The number of hydrogen-bond acceptors (Lipinski definition) is 4. The summed E-state index contributed by atoms with van der Waals surface area (Å²) in [5, 5.41) is 9.01. The normalized spacial score (nSPS) is 20.9. The fraction of sp³-hybridized carbons (Fsp3) is 0.500. The summed E-state index contributed by atoms with van der Waals surface area (Å²) in [6.07, 6.45) is 2.40. The van der Waals surface area contributed by atoms with Gasteiger partial charge in [0.2, 0.25) is 0 Å². The number of hydrogen-bond donors (Lipinski definition) is 2. The van der Waals surface area contributed by atoms with Crippen molar-refractivity contribution in [3.63, 3.8) is 0 Å². The second-order valence-corrected chi connectivity index (χ2v) is 8.54. The maximum absolute atomic E-state index is 14.0. The Morgan fingerprint density at radius 3 is 2.83 bits per heavy atom. The van der Waals surface area contributed by atoms with Gasteiger partial charge in [0.25, 0.3) is 0 Å². The van der Waals surface area contributed by atoms with E-state index in [4.69, 9.17) is 4.74 Å². The molecule has 30 heavy (non-hydrogen) atoms. The van der Waals surface area contributed by atoms with Gasteiger partial charge in [-0.05, 0) is 68.4 Å². The Kier molecular flexibility index (Phi) is 9.83. The molecular weight excluding hydrogens is 514 g/mol. The van der Waals surface area contributed by atoms with Crippen LogP contribution in [0.15, 0.2) is 40.7 Å². The maximum atomic E-state index is 14.0. The minimum atomic E-state index is -0.356. The minimum Gasteiger partial charge on any atom is -0.494 e. The molecule has 3 rings (SSSR count). The van der Waals surface area contributed by atoms with Crippen molar-refractivity contribution < 1.29 is 9.13 Å². The minimum absolute atomic E-state index is 0. The van der Waals surface area contributed by atoms with Crippen molar-refractivity contribution in [2.24, 2.45) is 10.9 Å². The molecule has 2 heterocycles. The van der Waals surface area contributed by atoms with Crippen molar-refractivity contribution in [3.05, 3.63) is 52.0 Å². The summed E-state index contributed by atoms with van der Waals surface area (Å²) in [6.45, 7) is 3.97. The average molecular weight is 546 g/mol. The summed E-state index contributed by atoms with van der Waals surface area (Å²) in [7, 11) is 5.45. The lowest BCUT2D eigenvalue weighted by Gasteiger charge is -2.39. The Hall–Kier alpha value is -1.39. The van der Waals surface area contributed by atoms with Crippen LogP contribution in [0.2, 0.25) is 0 Å². The van der Waals surface area contributed by atoms with Crippen molar-refractivity contribution in [1.29, 1.82) is 0 Å². The number of halogens is 2. The molecule has 0 aliphatic carbocycles. The molecule has 1 saturated heterocycles. The van der Waals surface area contributed by atoms with E-state index in [9.17, 15) is 4.39 Å². The van der Waals surface area contributed by atoms with Gasteiger partial charge in [-0.3, -0.25) is 9.89 Å². The van der Waals surface area contributed by atoms with E-state index in [-0.39, 0.29) is 41.6 Å². The van der Waals surface area contributed by atoms with E-state index in [2.05, 4.69) is 45.1 Å². The van der Waals surface area contributed by atoms with E-state index in [1.165, 1.54) is 30.9 Å². The van der Waals surface area contributed by atoms with Crippen LogP contribution in [-0.2, 0) is 0 Å². The van der Waals surface area contributed by atoms with Crippen LogP contribution >= 0.6 is 35.3 Å². The van der Waals surface area contributed by atoms with Crippen molar-refractivity contribution >= 4 is 41.3 Å². The van der Waals surface area contributed by atoms with Gasteiger partial charge in [0.05, 0.1) is 13.2 Å². The molecule has 3 unspecified atom stereocenters. The molecule has 3 atom stereocenters. The maximum Gasteiger partial charge on any atom is 0.191 e. The number of ether oxygens (including phenoxy) is 1. The Morgan fingerprint density at radius 1 is 1.40 bits per heavy atom. The predicted molar refractivity (Wildman–Crippen MR) is 134 cm³/mol. The molecule has 1 aliphatic rings. The molecule has 1 aromatic carbocycles. The summed E-state index contributed by atoms with van der Waals surface area (Å²) in [5.74, 6) is 1.14. The molecule has 1 aromatic heterocycles. The van der Waals surface area contributed by atoms with Crippen LogP contribution in [0.4, 0.5) is 4.39 Å². The summed E-state index contributed by atoms with van der Waals surface area (Å²) in [6, 6.07) is 9.75. The van der Waals surface area contributed by atoms with E-state index in [0.29, 0.717) is 12.0 Å². The van der Waals surface area contributed by atoms with Crippen molar-refractivity contribution in [1.82, 2.24) is 15.5 Å². The molecule has 1 aliphatic heterocycles. The number of likely N-dealkylation sites (tertiary alicyclic amines) is 1. The lowest BCUT2D eigenvalue weighted by Crippen LogP contribution is -2.45. The van der Waals surface area contributed by atoms with Gasteiger partial charge in [-0.1, -0.05) is 12.1 Å². The van der Waals surface area contributed by atoms with E-state index in [1.807, 2.05) is 24.3 Å². The smallest absolute Gasteiger partial charge is 0.191 e. The third-order valence-corrected chi connectivity index (χ3v) is 6.57. The predicted octanol–water partition coefficient (Wildman–Crippen LogP) is 4.82. The number of thiophene rings is 1. The van der Waals surface area contributed by atoms with Gasteiger partial charge in [0.1, 0.15) is 0 Å². The lowest BCUT2D eigenvalue weighted by molar-refractivity contribution is 0.125. The molecule has 166 valence electrons. The van der Waals surface area contributed by atoms with Crippen LogP contribution in [0.3, 0.4) is 0 Å². The zero-order valence-electron chi connectivity index (χ0n) is 18.0. The number of nitrogens with zero attached hydrogens (tertiary/aromatic N) is 2. The summed E-state index contributed by atoms with van der Waals surface area (Å²) >= 11 is 1.83. The Bertz CT molecular complexity index is 817. The van der Waals surface area contributed by atoms with Crippen LogP contribution in [0, 0.1) is 11.7 Å². The van der Waals surface area contributed by atoms with E-state index in [1.54, 1.807) is 13.1 Å². The van der Waals surface area contributed by atoms with Crippen molar-refractivity contribution in [2.45, 2.75) is 31.8 Å². The highest BCUT2D eigenvalue weighted by atomic mass is 127. The topological polar surface area (TPSA) is 48.9 Å². The van der Waals surface area contributed by atoms with E-state index < -0.39 is 0 Å². The highest BCUT2D eigenvalue weighted by Gasteiger charge is 2.31. The van der Waals surface area contributed by atoms with Gasteiger partial charge in [-0.15, -0.1) is 35.3 Å². The average Bonchev–Trinajstić information content (AvgIpc) is 3.25. The van der Waals surface area contributed by atoms with Crippen LogP contribution in [0.1, 0.15) is 42.3 Å². The number of piperidine rings is 1. The van der Waals surface area contributed by atoms with Gasteiger partial charge < -0.3 is 15.4 Å². The number of nitrogens with one attached hydrogen (secondary N) is 2. The van der Waals surface area contributed by atoms with Gasteiger partial charge in [0.15, 0.2) is 17.5 Å². The third-order valence-electron chi connectivity index (χ3n) is 5.63. The first-order valence-corrected chi connectivity index (χ1v) is 11.0. The van der Waals surface area contributed by atoms with Crippen LogP contribution in [0.5, 0.6) is 5.75 Å². The highest BCUT2D eigenvalue weighted by Crippen LogP contribution is 2.36. The van der Waals surface area contributed by atoms with Crippen molar-refractivity contribution in [2.75, 3.05) is 34.3 Å². The van der Waals surface area contributed by atoms with E-state index >= 15 is 0 Å². The Balaban J connectivity index is 0.00000320. The number of guanidine groups is 1.